The maximum Gasteiger partial charge on any atom is 0.326 e. The van der Waals surface area contributed by atoms with Gasteiger partial charge in [0.15, 0.2) is 0 Å². The average Bonchev–Trinajstić information content (AvgIpc) is 3.38. The molecular formula is C33H33N5O3. The SMILES string of the molecule is CC(C)C(NC(=O)c1ccc2c(c1)nc(-c1ccc3nc(-c4ccccc4)cnc3c1)n2C1CCCCC1)C(=O)O. The molecule has 2 N–H and O–H groups in total. The van der Waals surface area contributed by atoms with Crippen molar-refractivity contribution < 1.29 is 14.7 Å². The van der Waals surface area contributed by atoms with Crippen molar-refractivity contribution in [1.82, 2.24) is 24.8 Å². The van der Waals surface area contributed by atoms with Gasteiger partial charge in [0, 0.05) is 22.7 Å². The lowest BCUT2D eigenvalue weighted by Crippen LogP contribution is -2.44. The van der Waals surface area contributed by atoms with Crippen LogP contribution in [0, 0.1) is 5.92 Å². The number of aliphatic carboxylic acids is 1. The quantitative estimate of drug-likeness (QED) is 0.236. The molecule has 8 nitrogen and oxygen atoms in total. The molecule has 208 valence electrons. The normalized spacial score (nSPS) is 14.9. The lowest BCUT2D eigenvalue weighted by atomic mass is 9.94. The van der Waals surface area contributed by atoms with E-state index in [-0.39, 0.29) is 5.92 Å². The first-order chi connectivity index (χ1) is 19.9. The topological polar surface area (TPSA) is 110 Å². The minimum Gasteiger partial charge on any atom is -0.480 e. The summed E-state index contributed by atoms with van der Waals surface area (Å²) in [6.45, 7) is 3.55. The zero-order valence-electron chi connectivity index (χ0n) is 23.2. The first kappa shape index (κ1) is 26.6. The van der Waals surface area contributed by atoms with E-state index in [4.69, 9.17) is 15.0 Å². The highest BCUT2D eigenvalue weighted by Gasteiger charge is 2.26. The third kappa shape index (κ3) is 5.29. The molecule has 0 saturated heterocycles. The number of hydrogen-bond donors (Lipinski definition) is 2. The Morgan fingerprint density at radius 2 is 1.66 bits per heavy atom. The molecule has 1 amide bonds. The number of carboxylic acid groups (broad SMARTS) is 1. The Morgan fingerprint density at radius 3 is 2.39 bits per heavy atom. The molecule has 1 aliphatic carbocycles. The maximum atomic E-state index is 13.0. The molecule has 1 atom stereocenters. The first-order valence-electron chi connectivity index (χ1n) is 14.3. The minimum atomic E-state index is -1.05. The van der Waals surface area contributed by atoms with Crippen molar-refractivity contribution >= 4 is 33.9 Å². The van der Waals surface area contributed by atoms with Crippen molar-refractivity contribution in [3.8, 4) is 22.6 Å². The number of fused-ring (bicyclic) bond motifs is 2. The Labute approximate surface area is 238 Å². The Morgan fingerprint density at radius 1 is 0.878 bits per heavy atom. The van der Waals surface area contributed by atoms with Crippen LogP contribution in [0.4, 0.5) is 0 Å². The molecule has 1 unspecified atom stereocenters. The number of carbonyl (C=O) groups excluding carboxylic acids is 1. The summed E-state index contributed by atoms with van der Waals surface area (Å²) in [5, 5.41) is 12.2. The number of nitrogens with one attached hydrogen (secondary N) is 1. The molecule has 6 rings (SSSR count). The van der Waals surface area contributed by atoms with Crippen LogP contribution in [0.1, 0.15) is 62.4 Å². The summed E-state index contributed by atoms with van der Waals surface area (Å²) in [7, 11) is 0. The van der Waals surface area contributed by atoms with Crippen molar-refractivity contribution in [1.29, 1.82) is 0 Å². The van der Waals surface area contributed by atoms with Crippen molar-refractivity contribution in [2.24, 2.45) is 5.92 Å². The smallest absolute Gasteiger partial charge is 0.326 e. The molecule has 8 heteroatoms. The highest BCUT2D eigenvalue weighted by Crippen LogP contribution is 2.37. The number of nitrogens with zero attached hydrogens (tertiary/aromatic N) is 4. The second-order valence-corrected chi connectivity index (χ2v) is 11.2. The summed E-state index contributed by atoms with van der Waals surface area (Å²) in [4.78, 5) is 39.3. The zero-order chi connectivity index (χ0) is 28.5. The van der Waals surface area contributed by atoms with Crippen LogP contribution in [0.3, 0.4) is 0 Å². The van der Waals surface area contributed by atoms with Crippen LogP contribution in [0.2, 0.25) is 0 Å². The van der Waals surface area contributed by atoms with Crippen LogP contribution in [0.25, 0.3) is 44.7 Å². The van der Waals surface area contributed by atoms with Gasteiger partial charge in [-0.3, -0.25) is 9.78 Å². The standard InChI is InChI=1S/C33H33N5O3/c1-20(2)30(33(40)41)37-32(39)23-14-16-29-27(18-23)36-31(38(29)24-11-7-4-8-12-24)22-13-15-25-26(17-22)34-19-28(35-25)21-9-5-3-6-10-21/h3,5-6,9-10,13-20,24,30H,4,7-8,11-12H2,1-2H3,(H,37,39)(H,40,41). The fourth-order valence-corrected chi connectivity index (χ4v) is 5.79. The van der Waals surface area contributed by atoms with E-state index in [1.165, 1.54) is 19.3 Å². The van der Waals surface area contributed by atoms with Crippen molar-refractivity contribution in [3.05, 3.63) is 78.5 Å². The number of hydrogen-bond acceptors (Lipinski definition) is 5. The molecule has 1 aliphatic rings. The molecule has 1 fully saturated rings. The van der Waals surface area contributed by atoms with Crippen LogP contribution >= 0.6 is 0 Å². The third-order valence-electron chi connectivity index (χ3n) is 7.98. The molecule has 5 aromatic rings. The van der Waals surface area contributed by atoms with E-state index in [0.29, 0.717) is 17.1 Å². The van der Waals surface area contributed by atoms with Crippen molar-refractivity contribution in [2.75, 3.05) is 0 Å². The van der Waals surface area contributed by atoms with E-state index in [2.05, 4.69) is 9.88 Å². The monoisotopic (exact) mass is 547 g/mol. The van der Waals surface area contributed by atoms with E-state index >= 15 is 0 Å². The number of rotatable bonds is 7. The molecule has 0 spiro atoms. The van der Waals surface area contributed by atoms with Gasteiger partial charge in [0.05, 0.1) is 34.0 Å². The van der Waals surface area contributed by atoms with Gasteiger partial charge in [-0.15, -0.1) is 0 Å². The number of benzene rings is 3. The van der Waals surface area contributed by atoms with Gasteiger partial charge in [0.1, 0.15) is 11.9 Å². The zero-order valence-corrected chi connectivity index (χ0v) is 23.2. The fraction of sp³-hybridized carbons (Fsp3) is 0.303. The van der Waals surface area contributed by atoms with Crippen LogP contribution in [0.5, 0.6) is 0 Å². The molecule has 2 aromatic heterocycles. The van der Waals surface area contributed by atoms with E-state index < -0.39 is 17.9 Å². The van der Waals surface area contributed by atoms with Crippen molar-refractivity contribution in [2.45, 2.75) is 58.0 Å². The Hall–Kier alpha value is -4.59. The predicted molar refractivity (Wildman–Crippen MR) is 160 cm³/mol. The Kier molecular flexibility index (Phi) is 7.22. The summed E-state index contributed by atoms with van der Waals surface area (Å²) in [6.07, 6.45) is 7.52. The van der Waals surface area contributed by atoms with Gasteiger partial charge in [-0.25, -0.2) is 14.8 Å². The molecule has 1 saturated carbocycles. The lowest BCUT2D eigenvalue weighted by Gasteiger charge is -2.25. The number of imidazole rings is 1. The minimum absolute atomic E-state index is 0.239. The second-order valence-electron chi connectivity index (χ2n) is 11.2. The number of carboxylic acids is 1. The van der Waals surface area contributed by atoms with Gasteiger partial charge in [0.25, 0.3) is 5.91 Å². The highest BCUT2D eigenvalue weighted by atomic mass is 16.4. The van der Waals surface area contributed by atoms with Gasteiger partial charge >= 0.3 is 5.97 Å². The molecule has 0 radical (unpaired) electrons. The summed E-state index contributed by atoms with van der Waals surface area (Å²) < 4.78 is 2.32. The molecule has 2 heterocycles. The van der Waals surface area contributed by atoms with Gasteiger partial charge in [-0.05, 0) is 55.2 Å². The average molecular weight is 548 g/mol. The van der Waals surface area contributed by atoms with Gasteiger partial charge < -0.3 is 15.0 Å². The Bertz CT molecular complexity index is 1740. The molecule has 41 heavy (non-hydrogen) atoms. The number of amides is 1. The van der Waals surface area contributed by atoms with E-state index in [1.807, 2.05) is 54.6 Å². The van der Waals surface area contributed by atoms with E-state index in [0.717, 1.165) is 52.0 Å². The molecule has 3 aromatic carbocycles. The fourth-order valence-electron chi connectivity index (χ4n) is 5.79. The van der Waals surface area contributed by atoms with Crippen molar-refractivity contribution in [3.63, 3.8) is 0 Å². The van der Waals surface area contributed by atoms with Crippen LogP contribution in [-0.2, 0) is 4.79 Å². The molecule has 0 bridgehead atoms. The van der Waals surface area contributed by atoms with Crippen LogP contribution < -0.4 is 5.32 Å². The molecule has 0 aliphatic heterocycles. The maximum absolute atomic E-state index is 13.0. The second kappa shape index (κ2) is 11.1. The largest absolute Gasteiger partial charge is 0.480 e. The number of carbonyl (C=O) groups is 2. The number of aromatic nitrogens is 4. The summed E-state index contributed by atoms with van der Waals surface area (Å²) >= 11 is 0. The van der Waals surface area contributed by atoms with E-state index in [1.54, 1.807) is 32.2 Å². The highest BCUT2D eigenvalue weighted by molar-refractivity contribution is 5.99. The van der Waals surface area contributed by atoms with E-state index in [9.17, 15) is 14.7 Å². The first-order valence-corrected chi connectivity index (χ1v) is 14.3. The summed E-state index contributed by atoms with van der Waals surface area (Å²) in [5.74, 6) is -0.867. The lowest BCUT2D eigenvalue weighted by molar-refractivity contribution is -0.140. The van der Waals surface area contributed by atoms with Crippen LogP contribution in [-0.4, -0.2) is 42.5 Å². The Balaban J connectivity index is 1.41. The molecular weight excluding hydrogens is 514 g/mol. The predicted octanol–water partition coefficient (Wildman–Crippen LogP) is 6.66. The summed E-state index contributed by atoms with van der Waals surface area (Å²) in [6, 6.07) is 20.9. The summed E-state index contributed by atoms with van der Waals surface area (Å²) in [5.41, 5.74) is 6.46. The van der Waals surface area contributed by atoms with Gasteiger partial charge in [0.2, 0.25) is 0 Å². The van der Waals surface area contributed by atoms with Gasteiger partial charge in [-0.1, -0.05) is 63.4 Å². The van der Waals surface area contributed by atoms with Gasteiger partial charge in [-0.2, -0.15) is 0 Å². The third-order valence-corrected chi connectivity index (χ3v) is 7.98. The van der Waals surface area contributed by atoms with Crippen LogP contribution in [0.15, 0.2) is 72.9 Å².